The fourth-order valence-corrected chi connectivity index (χ4v) is 8.31. The molecule has 61 heavy (non-hydrogen) atoms. The molecule has 304 valence electrons. The average molecular weight is 844 g/mol. The number of benzene rings is 6. The number of esters is 1. The molecule has 1 unspecified atom stereocenters. The molecule has 1 atom stereocenters. The van der Waals surface area contributed by atoms with E-state index in [9.17, 15) is 19.2 Å². The predicted molar refractivity (Wildman–Crippen MR) is 244 cm³/mol. The monoisotopic (exact) mass is 843 g/mol. The molecule has 6 aromatic carbocycles. The Kier molecular flexibility index (Phi) is 13.9. The maximum absolute atomic E-state index is 14.2. The Morgan fingerprint density at radius 3 is 2.10 bits per heavy atom. The summed E-state index contributed by atoms with van der Waals surface area (Å²) in [4.78, 5) is 55.3. The highest BCUT2D eigenvalue weighted by atomic mass is 32.2. The number of rotatable bonds is 15. The highest BCUT2D eigenvalue weighted by Crippen LogP contribution is 2.40. The van der Waals surface area contributed by atoms with Gasteiger partial charge in [0.25, 0.3) is 11.8 Å². The number of amides is 3. The van der Waals surface area contributed by atoms with E-state index in [1.54, 1.807) is 60.7 Å². The third kappa shape index (κ3) is 11.1. The van der Waals surface area contributed by atoms with Crippen molar-refractivity contribution in [3.63, 3.8) is 0 Å². The van der Waals surface area contributed by atoms with Crippen molar-refractivity contribution in [2.24, 2.45) is 0 Å². The van der Waals surface area contributed by atoms with Crippen molar-refractivity contribution in [3.05, 3.63) is 208 Å². The second kappa shape index (κ2) is 20.2. The number of anilines is 2. The van der Waals surface area contributed by atoms with E-state index in [0.29, 0.717) is 44.6 Å². The summed E-state index contributed by atoms with van der Waals surface area (Å²) < 4.78 is 11.1. The first-order valence-corrected chi connectivity index (χ1v) is 21.1. The molecule has 7 aromatic rings. The molecule has 0 spiro atoms. The summed E-state index contributed by atoms with van der Waals surface area (Å²) in [6, 6.07) is 49.9. The van der Waals surface area contributed by atoms with E-state index < -0.39 is 23.0 Å². The van der Waals surface area contributed by atoms with Gasteiger partial charge in [0.1, 0.15) is 33.9 Å². The Balaban J connectivity index is 1.11. The summed E-state index contributed by atoms with van der Waals surface area (Å²) >= 11 is 2.54. The van der Waals surface area contributed by atoms with Crippen LogP contribution in [0.25, 0.3) is 17.2 Å². The Morgan fingerprint density at radius 1 is 0.738 bits per heavy atom. The van der Waals surface area contributed by atoms with Crippen molar-refractivity contribution in [3.8, 4) is 16.9 Å². The number of aryl methyl sites for hydroxylation is 1. The number of thiophene rings is 1. The van der Waals surface area contributed by atoms with Crippen LogP contribution in [-0.2, 0) is 20.9 Å². The van der Waals surface area contributed by atoms with Gasteiger partial charge >= 0.3 is 5.97 Å². The minimum Gasteiger partial charge on any atom is -0.489 e. The maximum Gasteiger partial charge on any atom is 0.341 e. The number of hydrogen-bond donors (Lipinski definition) is 3. The summed E-state index contributed by atoms with van der Waals surface area (Å²) in [7, 11) is 1.32. The highest BCUT2D eigenvalue weighted by molar-refractivity contribution is 8.00. The zero-order valence-electron chi connectivity index (χ0n) is 33.3. The van der Waals surface area contributed by atoms with E-state index in [-0.39, 0.29) is 17.2 Å². The molecule has 0 aliphatic carbocycles. The van der Waals surface area contributed by atoms with Crippen LogP contribution in [0, 0.1) is 6.92 Å². The molecule has 1 heterocycles. The van der Waals surface area contributed by atoms with Crippen molar-refractivity contribution in [1.29, 1.82) is 0 Å². The molecular weight excluding hydrogens is 803 g/mol. The second-order valence-corrected chi connectivity index (χ2v) is 15.9. The van der Waals surface area contributed by atoms with E-state index in [2.05, 4.69) is 16.0 Å². The molecular formula is C50H41N3O6S2. The minimum atomic E-state index is -0.747. The normalized spacial score (nSPS) is 11.5. The molecule has 9 nitrogen and oxygen atoms in total. The molecule has 0 radical (unpaired) electrons. The Hall–Kier alpha value is -7.21. The summed E-state index contributed by atoms with van der Waals surface area (Å²) in [5.41, 5.74) is 6.15. The molecule has 0 saturated heterocycles. The number of ether oxygens (including phenoxy) is 2. The van der Waals surface area contributed by atoms with E-state index in [1.807, 2.05) is 121 Å². The molecule has 1 aromatic heterocycles. The second-order valence-electron chi connectivity index (χ2n) is 13.8. The minimum absolute atomic E-state index is 0.0220. The van der Waals surface area contributed by atoms with Gasteiger partial charge in [-0.15, -0.1) is 23.1 Å². The summed E-state index contributed by atoms with van der Waals surface area (Å²) in [6.45, 7) is 2.40. The Morgan fingerprint density at radius 2 is 1.41 bits per heavy atom. The SMILES string of the molecule is COC(=O)c1c(-c2ccc(C)cc2)csc1NC(=O)C(Sc1cccc(NC(=O)/C(=C/c2ccc(OCc3ccccc3)cc2)NC(=O)c2ccccc2)c1)c1ccccc1. The van der Waals surface area contributed by atoms with E-state index in [4.69, 9.17) is 9.47 Å². The van der Waals surface area contributed by atoms with Crippen molar-refractivity contribution in [2.45, 2.75) is 23.7 Å². The quantitative estimate of drug-likeness (QED) is 0.0533. The van der Waals surface area contributed by atoms with Crippen molar-refractivity contribution in [1.82, 2.24) is 5.32 Å². The van der Waals surface area contributed by atoms with Crippen molar-refractivity contribution < 1.29 is 28.7 Å². The first-order chi connectivity index (χ1) is 29.7. The molecule has 7 rings (SSSR count). The van der Waals surface area contributed by atoms with Crippen LogP contribution >= 0.6 is 23.1 Å². The predicted octanol–water partition coefficient (Wildman–Crippen LogP) is 11.0. The van der Waals surface area contributed by atoms with Crippen LogP contribution in [0.2, 0.25) is 0 Å². The smallest absolute Gasteiger partial charge is 0.341 e. The molecule has 0 bridgehead atoms. The summed E-state index contributed by atoms with van der Waals surface area (Å²) in [5, 5.41) is 10.2. The topological polar surface area (TPSA) is 123 Å². The molecule has 3 N–H and O–H groups in total. The zero-order chi connectivity index (χ0) is 42.6. The number of carbonyl (C=O) groups excluding carboxylic acids is 4. The molecule has 0 saturated carbocycles. The van der Waals surface area contributed by atoms with Crippen LogP contribution in [0.4, 0.5) is 10.7 Å². The Bertz CT molecular complexity index is 2650. The fourth-order valence-electron chi connectivity index (χ4n) is 6.27. The summed E-state index contributed by atoms with van der Waals surface area (Å²) in [6.07, 6.45) is 1.60. The van der Waals surface area contributed by atoms with Gasteiger partial charge in [-0.3, -0.25) is 14.4 Å². The van der Waals surface area contributed by atoms with E-state index >= 15 is 0 Å². The average Bonchev–Trinajstić information content (AvgIpc) is 3.71. The summed E-state index contributed by atoms with van der Waals surface area (Å²) in [5.74, 6) is -1.25. The van der Waals surface area contributed by atoms with Gasteiger partial charge in [0.05, 0.1) is 7.11 Å². The lowest BCUT2D eigenvalue weighted by Gasteiger charge is -2.18. The van der Waals surface area contributed by atoms with Gasteiger partial charge in [0, 0.05) is 27.1 Å². The largest absolute Gasteiger partial charge is 0.489 e. The lowest BCUT2D eigenvalue weighted by molar-refractivity contribution is -0.116. The standard InChI is InChI=1S/C50H41N3O6S2/c1-33-21-25-36(26-22-33)42-32-60-49(44(42)50(57)58-2)53-48(56)45(37-15-8-4-9-16-37)61-41-20-12-19-39(30-41)51-47(55)43(52-46(54)38-17-10-5-11-18-38)29-34-23-27-40(28-24-34)59-31-35-13-6-3-7-14-35/h3-30,32,45H,31H2,1-2H3,(H,51,55)(H,52,54)(H,53,56)/b43-29-. The van der Waals surface area contributed by atoms with Crippen LogP contribution in [0.15, 0.2) is 180 Å². The fraction of sp³-hybridized carbons (Fsp3) is 0.0800. The molecule has 0 fully saturated rings. The molecule has 3 amide bonds. The van der Waals surface area contributed by atoms with Crippen LogP contribution in [0.5, 0.6) is 5.75 Å². The Labute approximate surface area is 362 Å². The lowest BCUT2D eigenvalue weighted by atomic mass is 10.0. The van der Waals surface area contributed by atoms with Gasteiger partial charge in [0.2, 0.25) is 5.91 Å². The third-order valence-electron chi connectivity index (χ3n) is 9.43. The highest BCUT2D eigenvalue weighted by Gasteiger charge is 2.27. The van der Waals surface area contributed by atoms with Gasteiger partial charge in [-0.25, -0.2) is 4.79 Å². The van der Waals surface area contributed by atoms with Crippen LogP contribution < -0.4 is 20.7 Å². The number of hydrogen-bond acceptors (Lipinski definition) is 8. The number of methoxy groups -OCH3 is 1. The number of nitrogens with one attached hydrogen (secondary N) is 3. The number of carbonyl (C=O) groups is 4. The molecule has 11 heteroatoms. The van der Waals surface area contributed by atoms with Crippen LogP contribution in [0.1, 0.15) is 48.2 Å². The number of thioether (sulfide) groups is 1. The van der Waals surface area contributed by atoms with E-state index in [0.717, 1.165) is 22.3 Å². The van der Waals surface area contributed by atoms with Gasteiger partial charge < -0.3 is 25.4 Å². The van der Waals surface area contributed by atoms with Gasteiger partial charge in [-0.05, 0) is 77.7 Å². The van der Waals surface area contributed by atoms with Gasteiger partial charge in [0.15, 0.2) is 0 Å². The van der Waals surface area contributed by atoms with Gasteiger partial charge in [-0.2, -0.15) is 0 Å². The van der Waals surface area contributed by atoms with Crippen LogP contribution in [-0.4, -0.2) is 30.8 Å². The van der Waals surface area contributed by atoms with Crippen molar-refractivity contribution >= 4 is 63.6 Å². The lowest BCUT2D eigenvalue weighted by Crippen LogP contribution is -2.30. The van der Waals surface area contributed by atoms with Crippen LogP contribution in [0.3, 0.4) is 0 Å². The first-order valence-electron chi connectivity index (χ1n) is 19.3. The van der Waals surface area contributed by atoms with Crippen molar-refractivity contribution in [2.75, 3.05) is 17.7 Å². The third-order valence-corrected chi connectivity index (χ3v) is 11.6. The zero-order valence-corrected chi connectivity index (χ0v) is 34.9. The van der Waals surface area contributed by atoms with E-state index in [1.165, 1.54) is 30.2 Å². The maximum atomic E-state index is 14.2. The first kappa shape index (κ1) is 41.9. The molecule has 0 aliphatic heterocycles. The molecule has 0 aliphatic rings. The van der Waals surface area contributed by atoms with Gasteiger partial charge in [-0.1, -0.05) is 127 Å².